The van der Waals surface area contributed by atoms with Crippen LogP contribution in [-0.4, -0.2) is 34.8 Å². The van der Waals surface area contributed by atoms with Gasteiger partial charge in [-0.2, -0.15) is 4.98 Å². The molecule has 1 aromatic carbocycles. The largest absolute Gasteiger partial charge is 0.480 e. The van der Waals surface area contributed by atoms with Gasteiger partial charge in [0, 0.05) is 7.05 Å². The number of nitrogens with zero attached hydrogens (tertiary/aromatic N) is 3. The van der Waals surface area contributed by atoms with Gasteiger partial charge in [0.15, 0.2) is 0 Å². The molecule has 7 heteroatoms. The molecule has 0 bridgehead atoms. The summed E-state index contributed by atoms with van der Waals surface area (Å²) in [6, 6.07) is 5.95. The normalized spacial score (nSPS) is 10.4. The topological polar surface area (TPSA) is 79.5 Å². The van der Waals surface area contributed by atoms with E-state index < -0.39 is 5.97 Å². The molecule has 0 aliphatic carbocycles. The molecule has 0 saturated carbocycles. The second-order valence-electron chi connectivity index (χ2n) is 4.04. The molecule has 2 rings (SSSR count). The summed E-state index contributed by atoms with van der Waals surface area (Å²) in [6.45, 7) is -0.213. The van der Waals surface area contributed by atoms with E-state index in [1.165, 1.54) is 17.0 Å². The fraction of sp³-hybridized carbons (Fsp3) is 0.250. The van der Waals surface area contributed by atoms with Crippen LogP contribution in [0, 0.1) is 5.82 Å². The number of halogens is 1. The van der Waals surface area contributed by atoms with E-state index in [-0.39, 0.29) is 18.3 Å². The van der Waals surface area contributed by atoms with Crippen molar-refractivity contribution in [3.8, 4) is 0 Å². The van der Waals surface area contributed by atoms with E-state index in [1.54, 1.807) is 19.2 Å². The van der Waals surface area contributed by atoms with Crippen molar-refractivity contribution >= 4 is 11.9 Å². The van der Waals surface area contributed by atoms with Gasteiger partial charge < -0.3 is 14.5 Å². The lowest BCUT2D eigenvalue weighted by molar-refractivity contribution is -0.135. The number of benzene rings is 1. The van der Waals surface area contributed by atoms with Crippen LogP contribution in [0.25, 0.3) is 0 Å². The third-order valence-corrected chi connectivity index (χ3v) is 2.44. The van der Waals surface area contributed by atoms with E-state index in [9.17, 15) is 9.18 Å². The Hall–Kier alpha value is -2.44. The van der Waals surface area contributed by atoms with E-state index in [4.69, 9.17) is 9.63 Å². The number of likely N-dealkylation sites (N-methyl/N-ethyl adjacent to an activating group) is 1. The van der Waals surface area contributed by atoms with E-state index in [0.717, 1.165) is 5.56 Å². The Kier molecular flexibility index (Phi) is 3.74. The molecule has 1 heterocycles. The number of carboxylic acids is 1. The molecule has 0 radical (unpaired) electrons. The number of aromatic nitrogens is 2. The first kappa shape index (κ1) is 13.0. The first-order chi connectivity index (χ1) is 9.04. The Labute approximate surface area is 108 Å². The van der Waals surface area contributed by atoms with Gasteiger partial charge in [-0.3, -0.25) is 4.79 Å². The van der Waals surface area contributed by atoms with Crippen molar-refractivity contribution in [3.05, 3.63) is 41.5 Å². The van der Waals surface area contributed by atoms with Gasteiger partial charge >= 0.3 is 5.97 Å². The summed E-state index contributed by atoms with van der Waals surface area (Å²) in [6.07, 6.45) is 0.369. The second-order valence-corrected chi connectivity index (χ2v) is 4.04. The lowest BCUT2D eigenvalue weighted by atomic mass is 10.1. The highest BCUT2D eigenvalue weighted by Crippen LogP contribution is 2.12. The van der Waals surface area contributed by atoms with E-state index in [1.807, 2.05) is 0 Å². The molecule has 19 heavy (non-hydrogen) atoms. The minimum absolute atomic E-state index is 0.208. The molecule has 100 valence electrons. The smallest absolute Gasteiger partial charge is 0.323 e. The van der Waals surface area contributed by atoms with Crippen molar-refractivity contribution in [1.82, 2.24) is 10.1 Å². The standard InChI is InChI=1S/C12H12FN3O3/c1-16(7-11(17)18)12-14-10(19-15-12)6-8-2-4-9(13)5-3-8/h2-5H,6-7H2,1H3,(H,17,18). The Balaban J connectivity index is 2.04. The van der Waals surface area contributed by atoms with Gasteiger partial charge in [-0.15, -0.1) is 0 Å². The molecule has 0 spiro atoms. The van der Waals surface area contributed by atoms with Crippen LogP contribution in [0.3, 0.4) is 0 Å². The highest BCUT2D eigenvalue weighted by atomic mass is 19.1. The van der Waals surface area contributed by atoms with Crippen molar-refractivity contribution in [1.29, 1.82) is 0 Å². The summed E-state index contributed by atoms with van der Waals surface area (Å²) in [7, 11) is 1.56. The highest BCUT2D eigenvalue weighted by Gasteiger charge is 2.13. The van der Waals surface area contributed by atoms with E-state index >= 15 is 0 Å². The molecule has 0 unspecified atom stereocenters. The zero-order chi connectivity index (χ0) is 13.8. The van der Waals surface area contributed by atoms with Crippen LogP contribution >= 0.6 is 0 Å². The predicted octanol–water partition coefficient (Wildman–Crippen LogP) is 1.32. The predicted molar refractivity (Wildman–Crippen MR) is 64.4 cm³/mol. The van der Waals surface area contributed by atoms with Crippen LogP contribution in [0.15, 0.2) is 28.8 Å². The number of hydrogen-bond acceptors (Lipinski definition) is 5. The van der Waals surface area contributed by atoms with Crippen LogP contribution in [0.2, 0.25) is 0 Å². The Morgan fingerprint density at radius 2 is 2.11 bits per heavy atom. The molecule has 1 aromatic heterocycles. The van der Waals surface area contributed by atoms with Crippen molar-refractivity contribution < 1.29 is 18.8 Å². The summed E-state index contributed by atoms with van der Waals surface area (Å²) in [5.41, 5.74) is 0.831. The summed E-state index contributed by atoms with van der Waals surface area (Å²) >= 11 is 0. The third kappa shape index (κ3) is 3.51. The quantitative estimate of drug-likeness (QED) is 0.878. The fourth-order valence-corrected chi connectivity index (χ4v) is 1.52. The monoisotopic (exact) mass is 265 g/mol. The molecular weight excluding hydrogens is 253 g/mol. The van der Waals surface area contributed by atoms with Crippen LogP contribution in [0.1, 0.15) is 11.5 Å². The van der Waals surface area contributed by atoms with Crippen molar-refractivity contribution in [2.75, 3.05) is 18.5 Å². The van der Waals surface area contributed by atoms with Gasteiger partial charge in [-0.05, 0) is 22.9 Å². The summed E-state index contributed by atoms with van der Waals surface area (Å²) in [5.74, 6) is -0.734. The van der Waals surface area contributed by atoms with Gasteiger partial charge in [-0.25, -0.2) is 4.39 Å². The summed E-state index contributed by atoms with van der Waals surface area (Å²) in [5, 5.41) is 12.3. The van der Waals surface area contributed by atoms with Gasteiger partial charge in [-0.1, -0.05) is 12.1 Å². The SMILES string of the molecule is CN(CC(=O)O)c1noc(Cc2ccc(F)cc2)n1. The van der Waals surface area contributed by atoms with Crippen molar-refractivity contribution in [2.45, 2.75) is 6.42 Å². The zero-order valence-corrected chi connectivity index (χ0v) is 10.2. The molecule has 2 aromatic rings. The maximum Gasteiger partial charge on any atom is 0.323 e. The number of carbonyl (C=O) groups is 1. The van der Waals surface area contributed by atoms with E-state index in [0.29, 0.717) is 12.3 Å². The maximum atomic E-state index is 12.7. The van der Waals surface area contributed by atoms with E-state index in [2.05, 4.69) is 10.1 Å². The fourth-order valence-electron chi connectivity index (χ4n) is 1.52. The molecule has 0 fully saturated rings. The molecule has 0 aliphatic heterocycles. The van der Waals surface area contributed by atoms with Gasteiger partial charge in [0.2, 0.25) is 5.89 Å². The van der Waals surface area contributed by atoms with Crippen LogP contribution in [0.4, 0.5) is 10.3 Å². The Morgan fingerprint density at radius 3 is 2.74 bits per heavy atom. The van der Waals surface area contributed by atoms with Gasteiger partial charge in [0.05, 0.1) is 6.42 Å². The molecule has 0 saturated heterocycles. The molecular formula is C12H12FN3O3. The minimum atomic E-state index is -0.979. The Bertz CT molecular complexity index is 568. The third-order valence-electron chi connectivity index (χ3n) is 2.44. The summed E-state index contributed by atoms with van der Waals surface area (Å²) in [4.78, 5) is 16.0. The van der Waals surface area contributed by atoms with Gasteiger partial charge in [0.1, 0.15) is 12.4 Å². The molecule has 0 aliphatic rings. The first-order valence-electron chi connectivity index (χ1n) is 5.54. The number of carboxylic acid groups (broad SMARTS) is 1. The lowest BCUT2D eigenvalue weighted by Gasteiger charge is -2.09. The molecule has 0 amide bonds. The number of anilines is 1. The van der Waals surface area contributed by atoms with Crippen molar-refractivity contribution in [2.24, 2.45) is 0 Å². The first-order valence-corrected chi connectivity index (χ1v) is 5.54. The maximum absolute atomic E-state index is 12.7. The second kappa shape index (κ2) is 5.47. The molecule has 6 nitrogen and oxygen atoms in total. The number of rotatable bonds is 5. The molecule has 1 N–H and O–H groups in total. The minimum Gasteiger partial charge on any atom is -0.480 e. The molecule has 0 atom stereocenters. The van der Waals surface area contributed by atoms with Gasteiger partial charge in [0.25, 0.3) is 5.95 Å². The zero-order valence-electron chi connectivity index (χ0n) is 10.2. The van der Waals surface area contributed by atoms with Crippen LogP contribution < -0.4 is 4.90 Å². The van der Waals surface area contributed by atoms with Crippen molar-refractivity contribution in [3.63, 3.8) is 0 Å². The highest BCUT2D eigenvalue weighted by molar-refractivity contribution is 5.72. The average Bonchev–Trinajstić information content (AvgIpc) is 2.80. The average molecular weight is 265 g/mol. The lowest BCUT2D eigenvalue weighted by Crippen LogP contribution is -2.26. The van der Waals surface area contributed by atoms with Crippen LogP contribution in [-0.2, 0) is 11.2 Å². The number of aliphatic carboxylic acids is 1. The Morgan fingerprint density at radius 1 is 1.42 bits per heavy atom. The summed E-state index contributed by atoms with van der Waals surface area (Å²) < 4.78 is 17.8. The number of hydrogen-bond donors (Lipinski definition) is 1. The van der Waals surface area contributed by atoms with Crippen LogP contribution in [0.5, 0.6) is 0 Å².